The van der Waals surface area contributed by atoms with Crippen LogP contribution in [0.4, 0.5) is 0 Å². The molecule has 0 unspecified atom stereocenters. The van der Waals surface area contributed by atoms with Gasteiger partial charge < -0.3 is 138 Å². The lowest BCUT2D eigenvalue weighted by Gasteiger charge is -2.47. The van der Waals surface area contributed by atoms with Crippen molar-refractivity contribution in [1.29, 1.82) is 0 Å². The van der Waals surface area contributed by atoms with Gasteiger partial charge in [-0.1, -0.05) is 0 Å². The smallest absolute Gasteiger partial charge is 0.335 e. The molecular formula is C45H56O31. The highest BCUT2D eigenvalue weighted by atomic mass is 16.8. The topological polar surface area (TPSA) is 490 Å². The lowest BCUT2D eigenvalue weighted by molar-refractivity contribution is -0.374. The normalized spacial score (nSPS) is 41.0. The average molecular weight is 1090 g/mol. The SMILES string of the molecule is COc1c(O[C@@H]2O[C@H](C(=O)O)[C@@H](O)[C@H](O)[C@H]2O[C@@H]2O[C@@H](C)[C@H](O)[C@@H](O)[C@H]2O)cc2oc(-c3ccc(O[C@@H]4O[C@H](C(=O)O)[C@@H](O)[C@H](O[C@@H]5OC[C@@H](O)[C@H](O)[C@H]5O)[C@H]4O[C@H]4O[C@H](C)[C@@H](O)[C@H](O)[C@@H]4O)c(O)c3)cc(=O)c2c1O. The highest BCUT2D eigenvalue weighted by Crippen LogP contribution is 2.45. The molecule has 5 saturated heterocycles. The highest BCUT2D eigenvalue weighted by molar-refractivity contribution is 5.89. The van der Waals surface area contributed by atoms with Crippen molar-refractivity contribution in [2.45, 2.75) is 161 Å². The second-order valence-corrected chi connectivity index (χ2v) is 18.4. The van der Waals surface area contributed by atoms with E-state index in [1.807, 2.05) is 0 Å². The van der Waals surface area contributed by atoms with Gasteiger partial charge in [-0.3, -0.25) is 4.79 Å². The van der Waals surface area contributed by atoms with Crippen molar-refractivity contribution in [2.75, 3.05) is 13.7 Å². The average Bonchev–Trinajstić information content (AvgIpc) is 3.37. The van der Waals surface area contributed by atoms with Crippen LogP contribution in [0.3, 0.4) is 0 Å². The van der Waals surface area contributed by atoms with Crippen LogP contribution in [-0.2, 0) is 47.5 Å². The number of phenolic OH excluding ortho intramolecular Hbond substituents is 2. The number of carbonyl (C=O) groups is 2. The minimum atomic E-state index is -2.25. The second-order valence-electron chi connectivity index (χ2n) is 18.4. The molecule has 0 radical (unpaired) electrons. The minimum absolute atomic E-state index is 0.110. The summed E-state index contributed by atoms with van der Waals surface area (Å²) in [5.74, 6) is -7.39. The molecule has 5 fully saturated rings. The second kappa shape index (κ2) is 22.6. The van der Waals surface area contributed by atoms with Gasteiger partial charge in [-0.15, -0.1) is 0 Å². The molecule has 5 aliphatic rings. The number of hydrogen-bond donors (Lipinski definition) is 16. The van der Waals surface area contributed by atoms with Gasteiger partial charge in [0.2, 0.25) is 18.3 Å². The Kier molecular flexibility index (Phi) is 17.0. The Labute approximate surface area is 425 Å². The molecule has 31 heteroatoms. The molecule has 0 aliphatic carbocycles. The van der Waals surface area contributed by atoms with Crippen LogP contribution in [0.25, 0.3) is 22.3 Å². The maximum absolute atomic E-state index is 13.7. The van der Waals surface area contributed by atoms with E-state index >= 15 is 0 Å². The van der Waals surface area contributed by atoms with Crippen LogP contribution in [0.2, 0.25) is 0 Å². The first kappa shape index (κ1) is 57.0. The molecule has 0 bridgehead atoms. The Balaban J connectivity index is 1.11. The highest BCUT2D eigenvalue weighted by Gasteiger charge is 2.57. The van der Waals surface area contributed by atoms with Crippen LogP contribution in [0.5, 0.6) is 28.7 Å². The number of carboxylic acid groups (broad SMARTS) is 2. The molecule has 31 nitrogen and oxygen atoms in total. The summed E-state index contributed by atoms with van der Waals surface area (Å²) >= 11 is 0. The van der Waals surface area contributed by atoms with Crippen LogP contribution in [0.15, 0.2) is 39.5 Å². The molecule has 0 saturated carbocycles. The van der Waals surface area contributed by atoms with E-state index in [0.717, 1.165) is 31.4 Å². The maximum Gasteiger partial charge on any atom is 0.335 e. The van der Waals surface area contributed by atoms with Gasteiger partial charge in [-0.2, -0.15) is 0 Å². The van der Waals surface area contributed by atoms with Crippen molar-refractivity contribution in [3.8, 4) is 40.1 Å². The first-order chi connectivity index (χ1) is 35.8. The zero-order valence-electron chi connectivity index (χ0n) is 39.7. The third-order valence-electron chi connectivity index (χ3n) is 13.3. The number of methoxy groups -OCH3 is 1. The van der Waals surface area contributed by atoms with E-state index in [2.05, 4.69) is 0 Å². The molecule has 5 aliphatic heterocycles. The zero-order valence-corrected chi connectivity index (χ0v) is 39.7. The number of aliphatic hydroxyl groups excluding tert-OH is 12. The molecule has 76 heavy (non-hydrogen) atoms. The van der Waals surface area contributed by atoms with Gasteiger partial charge in [-0.05, 0) is 32.0 Å². The first-order valence-corrected chi connectivity index (χ1v) is 23.2. The summed E-state index contributed by atoms with van der Waals surface area (Å²) in [5, 5.41) is 169. The number of rotatable bonds is 14. The summed E-state index contributed by atoms with van der Waals surface area (Å²) in [5.41, 5.74) is -1.53. The maximum atomic E-state index is 13.7. The molecule has 0 spiro atoms. The lowest BCUT2D eigenvalue weighted by atomic mass is 9.96. The largest absolute Gasteiger partial charge is 0.504 e. The number of aromatic hydroxyl groups is 2. The summed E-state index contributed by atoms with van der Waals surface area (Å²) < 4.78 is 67.8. The number of phenols is 2. The fourth-order valence-electron chi connectivity index (χ4n) is 9.03. The number of benzene rings is 2. The lowest BCUT2D eigenvalue weighted by Crippen LogP contribution is -2.67. The quantitative estimate of drug-likeness (QED) is 0.0714. The summed E-state index contributed by atoms with van der Waals surface area (Å²) in [6, 6.07) is 5.00. The van der Waals surface area contributed by atoms with E-state index in [0.29, 0.717) is 0 Å². The molecule has 3 aromatic rings. The zero-order chi connectivity index (χ0) is 55.5. The summed E-state index contributed by atoms with van der Waals surface area (Å²) in [7, 11) is 1.03. The van der Waals surface area contributed by atoms with Crippen LogP contribution in [0, 0.1) is 0 Å². The van der Waals surface area contributed by atoms with Gasteiger partial charge in [-0.25, -0.2) is 9.59 Å². The van der Waals surface area contributed by atoms with Crippen molar-refractivity contribution in [3.63, 3.8) is 0 Å². The Hall–Kier alpha value is -5.21. The Morgan fingerprint density at radius 3 is 1.64 bits per heavy atom. The molecule has 2 aromatic carbocycles. The third-order valence-corrected chi connectivity index (χ3v) is 13.3. The molecule has 8 rings (SSSR count). The number of aliphatic carboxylic acids is 2. The predicted octanol–water partition coefficient (Wildman–Crippen LogP) is -6.41. The first-order valence-electron chi connectivity index (χ1n) is 23.2. The molecular weight excluding hydrogens is 1040 g/mol. The summed E-state index contributed by atoms with van der Waals surface area (Å²) in [6.07, 6.45) is -45.9. The molecule has 1 aromatic heterocycles. The standard InChI is InChI=1S/C45H56O31/c1-10-21(49)25(53)30(58)42(67-10)75-37-28(56)27(55)35(39(61)62)73-44(37)71-19-8-18-20(24(52)33(19)65-3)14(47)7-17(69-18)12-4-5-16(13(46)6-12)70-45-38(76-43-31(59)26(54)22(50)11(2)68-43)34(32(60)36(74-45)40(63)64)72-41-29(57)23(51)15(48)9-66-41/h4-8,10-11,15,21-23,25-32,34-38,41-46,48-60H,9H2,1-3H3,(H,61,62)(H,63,64)/t10-,11+,15+,21-,22+,23-,25+,26-,27-,28-,29+,30+,31-,32-,34-,35-,36-,37+,38+,41-,42-,43+,44+,45+/m0/s1. The number of aliphatic hydroxyl groups is 12. The fraction of sp³-hybridized carbons (Fsp3) is 0.622. The molecule has 0 amide bonds. The summed E-state index contributed by atoms with van der Waals surface area (Å²) in [4.78, 5) is 38.3. The van der Waals surface area contributed by atoms with Gasteiger partial charge in [0.05, 0.1) is 25.9 Å². The van der Waals surface area contributed by atoms with Crippen molar-refractivity contribution in [2.24, 2.45) is 0 Å². The van der Waals surface area contributed by atoms with Crippen molar-refractivity contribution in [1.82, 2.24) is 0 Å². The molecule has 24 atom stereocenters. The number of ether oxygens (including phenoxy) is 11. The van der Waals surface area contributed by atoms with E-state index in [4.69, 9.17) is 56.5 Å². The van der Waals surface area contributed by atoms with Crippen LogP contribution >= 0.6 is 0 Å². The van der Waals surface area contributed by atoms with Gasteiger partial charge in [0.1, 0.15) is 96.1 Å². The number of hydrogen-bond acceptors (Lipinski definition) is 29. The van der Waals surface area contributed by atoms with Gasteiger partial charge in [0.15, 0.2) is 71.7 Å². The number of carboxylic acids is 2. The predicted molar refractivity (Wildman–Crippen MR) is 237 cm³/mol. The fourth-order valence-corrected chi connectivity index (χ4v) is 9.03. The van der Waals surface area contributed by atoms with Gasteiger partial charge >= 0.3 is 11.9 Å². The summed E-state index contributed by atoms with van der Waals surface area (Å²) in [6.45, 7) is 1.98. The monoisotopic (exact) mass is 1090 g/mol. The van der Waals surface area contributed by atoms with E-state index in [9.17, 15) is 96.1 Å². The van der Waals surface area contributed by atoms with Crippen molar-refractivity contribution < 1.29 is 148 Å². The van der Waals surface area contributed by atoms with Gasteiger partial charge in [0.25, 0.3) is 0 Å². The van der Waals surface area contributed by atoms with E-state index in [-0.39, 0.29) is 11.3 Å². The third kappa shape index (κ3) is 10.8. The van der Waals surface area contributed by atoms with E-state index in [1.165, 1.54) is 19.9 Å². The van der Waals surface area contributed by atoms with Gasteiger partial charge in [0, 0.05) is 17.7 Å². The molecule has 422 valence electrons. The van der Waals surface area contributed by atoms with Crippen molar-refractivity contribution in [3.05, 3.63) is 40.6 Å². The van der Waals surface area contributed by atoms with Crippen LogP contribution in [0.1, 0.15) is 13.8 Å². The van der Waals surface area contributed by atoms with Crippen LogP contribution in [-0.4, -0.2) is 255 Å². The number of fused-ring (bicyclic) bond motifs is 1. The van der Waals surface area contributed by atoms with E-state index < -0.39 is 211 Å². The van der Waals surface area contributed by atoms with Crippen molar-refractivity contribution >= 4 is 22.9 Å². The molecule has 16 N–H and O–H groups in total. The van der Waals surface area contributed by atoms with Crippen LogP contribution < -0.4 is 19.6 Å². The molecule has 6 heterocycles. The minimum Gasteiger partial charge on any atom is -0.504 e. The Bertz CT molecular complexity index is 2620. The Morgan fingerprint density at radius 1 is 0.553 bits per heavy atom. The van der Waals surface area contributed by atoms with E-state index in [1.54, 1.807) is 0 Å². The Morgan fingerprint density at radius 2 is 1.08 bits per heavy atom.